The minimum atomic E-state index is -4.83. The molecule has 2 amide bonds. The molecule has 0 spiro atoms. The number of hydrogen-bond acceptors (Lipinski definition) is 6. The van der Waals surface area contributed by atoms with Crippen LogP contribution in [0.4, 0.5) is 18.0 Å². The maximum absolute atomic E-state index is 12.5. The van der Waals surface area contributed by atoms with E-state index < -0.39 is 18.2 Å². The predicted molar refractivity (Wildman–Crippen MR) is 120 cm³/mol. The zero-order chi connectivity index (χ0) is 26.0. The molecule has 0 radical (unpaired) electrons. The first kappa shape index (κ1) is 24.5. The van der Waals surface area contributed by atoms with Crippen LogP contribution < -0.4 is 10.1 Å². The average Bonchev–Trinajstić information content (AvgIpc) is 3.42. The second-order valence-electron chi connectivity index (χ2n) is 7.83. The minimum Gasteiger partial charge on any atom is -0.465 e. The number of nitrogens with one attached hydrogen (secondary N) is 1. The molecule has 4 aromatic rings. The van der Waals surface area contributed by atoms with Gasteiger partial charge in [0.05, 0.1) is 29.5 Å². The van der Waals surface area contributed by atoms with E-state index >= 15 is 0 Å². The molecule has 0 aliphatic heterocycles. The summed E-state index contributed by atoms with van der Waals surface area (Å²) >= 11 is 0. The molecule has 11 nitrogen and oxygen atoms in total. The Balaban J connectivity index is 1.78. The molecule has 0 atom stereocenters. The van der Waals surface area contributed by atoms with Crippen molar-refractivity contribution < 1.29 is 32.6 Å². The number of carbonyl (C=O) groups is 2. The fourth-order valence-electron chi connectivity index (χ4n) is 3.48. The smallest absolute Gasteiger partial charge is 0.465 e. The average molecular weight is 503 g/mol. The van der Waals surface area contributed by atoms with Gasteiger partial charge in [-0.2, -0.15) is 10.2 Å². The molecule has 0 saturated heterocycles. The van der Waals surface area contributed by atoms with Gasteiger partial charge in [0.1, 0.15) is 12.3 Å². The summed E-state index contributed by atoms with van der Waals surface area (Å²) in [5, 5.41) is 20.6. The molecule has 0 aliphatic carbocycles. The molecule has 36 heavy (non-hydrogen) atoms. The van der Waals surface area contributed by atoms with Crippen molar-refractivity contribution >= 4 is 23.0 Å². The summed E-state index contributed by atoms with van der Waals surface area (Å²) in [5.74, 6) is -0.551. The van der Waals surface area contributed by atoms with Crippen LogP contribution in [0.2, 0.25) is 0 Å². The van der Waals surface area contributed by atoms with Gasteiger partial charge in [-0.1, -0.05) is 0 Å². The summed E-state index contributed by atoms with van der Waals surface area (Å²) in [5.41, 5.74) is 2.33. The first-order chi connectivity index (χ1) is 17.0. The zero-order valence-electron chi connectivity index (χ0n) is 19.0. The van der Waals surface area contributed by atoms with Gasteiger partial charge in [0, 0.05) is 32.1 Å². The highest BCUT2D eigenvalue weighted by Crippen LogP contribution is 2.32. The third-order valence-electron chi connectivity index (χ3n) is 5.10. The van der Waals surface area contributed by atoms with Crippen LogP contribution in [0.15, 0.2) is 48.9 Å². The number of likely N-dealkylation sites (N-methyl/N-ethyl adjacent to an activating group) is 1. The Hall–Kier alpha value is -4.62. The number of pyridine rings is 1. The Morgan fingerprint density at radius 1 is 1.17 bits per heavy atom. The van der Waals surface area contributed by atoms with E-state index in [0.717, 1.165) is 12.1 Å². The van der Waals surface area contributed by atoms with E-state index in [1.807, 2.05) is 0 Å². The van der Waals surface area contributed by atoms with E-state index in [1.54, 1.807) is 32.6 Å². The molecule has 2 N–H and O–H groups in total. The predicted octanol–water partition coefficient (Wildman–Crippen LogP) is 3.04. The summed E-state index contributed by atoms with van der Waals surface area (Å²) < 4.78 is 44.3. The Kier molecular flexibility index (Phi) is 6.51. The quantitative estimate of drug-likeness (QED) is 0.397. The van der Waals surface area contributed by atoms with E-state index in [4.69, 9.17) is 5.11 Å². The van der Waals surface area contributed by atoms with Crippen LogP contribution in [0, 0.1) is 0 Å². The molecule has 0 unspecified atom stereocenters. The molecule has 3 aromatic heterocycles. The summed E-state index contributed by atoms with van der Waals surface area (Å²) in [6, 6.07) is 6.73. The van der Waals surface area contributed by atoms with Gasteiger partial charge >= 0.3 is 12.5 Å². The number of alkyl halides is 3. The lowest BCUT2D eigenvalue weighted by Crippen LogP contribution is -2.26. The summed E-state index contributed by atoms with van der Waals surface area (Å²) in [4.78, 5) is 29.0. The number of hydrogen-bond donors (Lipinski definition) is 2. The van der Waals surface area contributed by atoms with Crippen molar-refractivity contribution in [3.8, 4) is 22.6 Å². The second kappa shape index (κ2) is 9.56. The number of fused-ring (bicyclic) bond motifs is 1. The summed E-state index contributed by atoms with van der Waals surface area (Å²) in [6.07, 6.45) is -1.33. The van der Waals surface area contributed by atoms with Crippen LogP contribution in [-0.2, 0) is 17.9 Å². The van der Waals surface area contributed by atoms with Crippen LogP contribution in [0.25, 0.3) is 27.8 Å². The fourth-order valence-corrected chi connectivity index (χ4v) is 3.48. The van der Waals surface area contributed by atoms with Gasteiger partial charge in [-0.15, -0.1) is 13.2 Å². The normalized spacial score (nSPS) is 11.5. The maximum atomic E-state index is 12.5. The molecule has 0 aliphatic rings. The lowest BCUT2D eigenvalue weighted by Gasteiger charge is -2.09. The first-order valence-electron chi connectivity index (χ1n) is 10.4. The fraction of sp³-hybridized carbons (Fsp3) is 0.227. The Morgan fingerprint density at radius 3 is 2.53 bits per heavy atom. The van der Waals surface area contributed by atoms with Crippen molar-refractivity contribution in [3.05, 3.63) is 54.6 Å². The highest BCUT2D eigenvalue weighted by molar-refractivity contribution is 5.95. The van der Waals surface area contributed by atoms with E-state index in [0.29, 0.717) is 33.5 Å². The molecular weight excluding hydrogens is 483 g/mol. The van der Waals surface area contributed by atoms with Gasteiger partial charge in [0.2, 0.25) is 5.91 Å². The molecule has 188 valence electrons. The van der Waals surface area contributed by atoms with Crippen molar-refractivity contribution in [2.24, 2.45) is 0 Å². The molecule has 3 heterocycles. The van der Waals surface area contributed by atoms with Gasteiger partial charge < -0.3 is 20.1 Å². The number of amides is 2. The van der Waals surface area contributed by atoms with Crippen LogP contribution in [0.1, 0.15) is 5.69 Å². The molecule has 0 fully saturated rings. The number of nitrogens with zero attached hydrogens (tertiary/aromatic N) is 6. The largest absolute Gasteiger partial charge is 0.573 e. The molecule has 1 aromatic carbocycles. The molecular formula is C22H20F3N7O4. The van der Waals surface area contributed by atoms with Crippen molar-refractivity contribution in [3.63, 3.8) is 0 Å². The third-order valence-corrected chi connectivity index (χ3v) is 5.10. The maximum Gasteiger partial charge on any atom is 0.573 e. The summed E-state index contributed by atoms with van der Waals surface area (Å²) in [7, 11) is 3.27. The van der Waals surface area contributed by atoms with Gasteiger partial charge in [0.25, 0.3) is 0 Å². The van der Waals surface area contributed by atoms with Gasteiger partial charge in [-0.05, 0) is 35.9 Å². The summed E-state index contributed by atoms with van der Waals surface area (Å²) in [6.45, 7) is -0.125. The lowest BCUT2D eigenvalue weighted by atomic mass is 10.1. The van der Waals surface area contributed by atoms with Crippen LogP contribution in [0.5, 0.6) is 5.75 Å². The molecule has 0 saturated carbocycles. The number of carbonyl (C=O) groups excluding carboxylic acids is 1. The van der Waals surface area contributed by atoms with Gasteiger partial charge in [-0.25, -0.2) is 14.5 Å². The van der Waals surface area contributed by atoms with Crippen molar-refractivity contribution in [1.82, 2.24) is 34.8 Å². The van der Waals surface area contributed by atoms with E-state index in [9.17, 15) is 22.8 Å². The van der Waals surface area contributed by atoms with Gasteiger partial charge in [-0.3, -0.25) is 9.48 Å². The molecule has 14 heteroatoms. The van der Waals surface area contributed by atoms with E-state index in [2.05, 4.69) is 25.2 Å². The van der Waals surface area contributed by atoms with Crippen LogP contribution in [0.3, 0.4) is 0 Å². The number of carboxylic acid groups (broad SMARTS) is 1. The molecule has 4 rings (SSSR count). The number of ether oxygens (including phenoxy) is 1. The number of aromatic nitrogens is 5. The standard InChI is InChI=1S/C22H20F3N7O4/c1-30(2)18(33)12-31-11-13(9-28-31)16-7-8-26-20-19(16)17(10-27-21(34)35)29-32(20)14-3-5-15(6-4-14)36-22(23,24)25/h3-9,11,27H,10,12H2,1-2H3,(H,34,35). The SMILES string of the molecule is CN(C)C(=O)Cn1cc(-c2ccnc3c2c(CNC(=O)O)nn3-c2ccc(OC(F)(F)F)cc2)cn1. The van der Waals surface area contributed by atoms with Crippen molar-refractivity contribution in [2.45, 2.75) is 19.5 Å². The van der Waals surface area contributed by atoms with E-state index in [-0.39, 0.29) is 19.0 Å². The van der Waals surface area contributed by atoms with Gasteiger partial charge in [0.15, 0.2) is 5.65 Å². The second-order valence-corrected chi connectivity index (χ2v) is 7.83. The Morgan fingerprint density at radius 2 is 1.89 bits per heavy atom. The number of rotatable bonds is 7. The Bertz CT molecular complexity index is 1410. The van der Waals surface area contributed by atoms with E-state index in [1.165, 1.54) is 32.6 Å². The van der Waals surface area contributed by atoms with Crippen LogP contribution in [-0.4, -0.2) is 67.0 Å². The highest BCUT2D eigenvalue weighted by Gasteiger charge is 2.31. The van der Waals surface area contributed by atoms with Crippen molar-refractivity contribution in [2.75, 3.05) is 14.1 Å². The van der Waals surface area contributed by atoms with Crippen molar-refractivity contribution in [1.29, 1.82) is 0 Å². The minimum absolute atomic E-state index is 0.0280. The third kappa shape index (κ3) is 5.37. The Labute approximate surface area is 201 Å². The lowest BCUT2D eigenvalue weighted by molar-refractivity contribution is -0.274. The monoisotopic (exact) mass is 503 g/mol. The first-order valence-corrected chi connectivity index (χ1v) is 10.4. The topological polar surface area (TPSA) is 127 Å². The number of benzene rings is 1. The zero-order valence-corrected chi connectivity index (χ0v) is 19.0. The highest BCUT2D eigenvalue weighted by atomic mass is 19.4. The molecule has 0 bridgehead atoms. The number of halogens is 3. The van der Waals surface area contributed by atoms with Crippen LogP contribution >= 0.6 is 0 Å².